The van der Waals surface area contributed by atoms with Gasteiger partial charge in [-0.15, -0.1) is 0 Å². The molecule has 202 valence electrons. The van der Waals surface area contributed by atoms with Crippen LogP contribution in [0.4, 0.5) is 0 Å². The van der Waals surface area contributed by atoms with Crippen LogP contribution in [0.3, 0.4) is 0 Å². The molecule has 0 spiro atoms. The third-order valence-corrected chi connectivity index (χ3v) is 7.15. The quantitative estimate of drug-likeness (QED) is 0.146. The molecule has 0 aliphatic heterocycles. The molecular weight excluding hydrogens is 494 g/mol. The maximum absolute atomic E-state index is 6.14. The van der Waals surface area contributed by atoms with E-state index in [0.717, 1.165) is 90.8 Å². The Kier molecular flexibility index (Phi) is 10.5. The predicted octanol–water partition coefficient (Wildman–Crippen LogP) is 7.89. The lowest BCUT2D eigenvalue weighted by molar-refractivity contribution is 0.249. The van der Waals surface area contributed by atoms with Gasteiger partial charge in [-0.05, 0) is 67.9 Å². The minimum absolute atomic E-state index is 0.603. The van der Waals surface area contributed by atoms with Gasteiger partial charge in [-0.25, -0.2) is 4.98 Å². The Bertz CT molecular complexity index is 1280. The highest BCUT2D eigenvalue weighted by Gasteiger charge is 2.14. The topological polar surface area (TPSA) is 39.5 Å². The lowest BCUT2D eigenvalue weighted by Gasteiger charge is -2.17. The van der Waals surface area contributed by atoms with E-state index in [1.54, 1.807) is 0 Å². The van der Waals surface area contributed by atoms with E-state index in [0.29, 0.717) is 13.2 Å². The minimum atomic E-state index is 0.603. The summed E-state index contributed by atoms with van der Waals surface area (Å²) in [5.41, 5.74) is 4.37. The summed E-state index contributed by atoms with van der Waals surface area (Å²) in [5.74, 6) is 2.72. The zero-order valence-electron chi connectivity index (χ0n) is 23.0. The fourth-order valence-electron chi connectivity index (χ4n) is 4.64. The molecular formula is C32H40ClN3O2. The number of imidazole rings is 1. The number of nitrogens with zero attached hydrogens (tertiary/aromatic N) is 3. The molecule has 0 saturated carbocycles. The molecule has 0 aliphatic carbocycles. The Morgan fingerprint density at radius 1 is 0.842 bits per heavy atom. The van der Waals surface area contributed by atoms with Crippen molar-refractivity contribution in [2.24, 2.45) is 0 Å². The maximum atomic E-state index is 6.14. The summed E-state index contributed by atoms with van der Waals surface area (Å²) in [7, 11) is 0. The van der Waals surface area contributed by atoms with Crippen LogP contribution < -0.4 is 9.47 Å². The van der Waals surface area contributed by atoms with Gasteiger partial charge in [0.1, 0.15) is 17.3 Å². The molecule has 0 atom stereocenters. The van der Waals surface area contributed by atoms with Crippen LogP contribution >= 0.6 is 11.6 Å². The van der Waals surface area contributed by atoms with Gasteiger partial charge in [0.05, 0.1) is 24.2 Å². The van der Waals surface area contributed by atoms with Gasteiger partial charge in [-0.1, -0.05) is 63.1 Å². The number of benzene rings is 3. The monoisotopic (exact) mass is 533 g/mol. The SMILES string of the molecule is CCCCn1c(-c2cccc(OCCc3ccc(Cl)cc3)c2)nc2ccc(OCCCN(CC)CC)cc21. The van der Waals surface area contributed by atoms with Crippen LogP contribution in [-0.2, 0) is 13.0 Å². The van der Waals surface area contributed by atoms with E-state index >= 15 is 0 Å². The number of hydrogen-bond acceptors (Lipinski definition) is 4. The molecule has 0 unspecified atom stereocenters. The molecule has 5 nitrogen and oxygen atoms in total. The molecule has 4 aromatic rings. The van der Waals surface area contributed by atoms with E-state index in [1.165, 1.54) is 5.56 Å². The number of ether oxygens (including phenoxy) is 2. The van der Waals surface area contributed by atoms with Gasteiger partial charge >= 0.3 is 0 Å². The highest BCUT2D eigenvalue weighted by atomic mass is 35.5. The summed E-state index contributed by atoms with van der Waals surface area (Å²) in [5, 5.41) is 0.752. The number of hydrogen-bond donors (Lipinski definition) is 0. The molecule has 1 heterocycles. The first-order valence-electron chi connectivity index (χ1n) is 13.9. The van der Waals surface area contributed by atoms with Crippen LogP contribution in [0.5, 0.6) is 11.5 Å². The molecule has 0 saturated heterocycles. The second kappa shape index (κ2) is 14.2. The van der Waals surface area contributed by atoms with Gasteiger partial charge in [0.15, 0.2) is 0 Å². The average molecular weight is 534 g/mol. The Labute approximate surface area is 232 Å². The third-order valence-electron chi connectivity index (χ3n) is 6.90. The van der Waals surface area contributed by atoms with Crippen LogP contribution in [0.15, 0.2) is 66.7 Å². The smallest absolute Gasteiger partial charge is 0.141 e. The summed E-state index contributed by atoms with van der Waals surface area (Å²) in [6.07, 6.45) is 4.05. The Morgan fingerprint density at radius 3 is 2.37 bits per heavy atom. The average Bonchev–Trinajstić information content (AvgIpc) is 3.31. The molecule has 0 aliphatic rings. The summed E-state index contributed by atoms with van der Waals surface area (Å²) in [6.45, 7) is 12.1. The molecule has 0 radical (unpaired) electrons. The summed E-state index contributed by atoms with van der Waals surface area (Å²) >= 11 is 6.00. The number of halogens is 1. The van der Waals surface area contributed by atoms with Gasteiger partial charge in [0.25, 0.3) is 0 Å². The number of aromatic nitrogens is 2. The first kappa shape index (κ1) is 28.0. The standard InChI is InChI=1S/C32H40ClN3O2/c1-4-7-20-36-31-24-29(37-21-9-19-35(5-2)6-3)16-17-30(31)34-32(36)26-10-8-11-28(23-26)38-22-18-25-12-14-27(33)15-13-25/h8,10-17,23-24H,4-7,9,18-22H2,1-3H3. The van der Waals surface area contributed by atoms with E-state index in [-0.39, 0.29) is 0 Å². The Hall–Kier alpha value is -3.02. The number of aryl methyl sites for hydroxylation is 1. The van der Waals surface area contributed by atoms with Gasteiger partial charge in [0.2, 0.25) is 0 Å². The second-order valence-electron chi connectivity index (χ2n) is 9.57. The van der Waals surface area contributed by atoms with Crippen LogP contribution in [0.25, 0.3) is 22.4 Å². The fraction of sp³-hybridized carbons (Fsp3) is 0.406. The van der Waals surface area contributed by atoms with Crippen molar-refractivity contribution in [3.8, 4) is 22.9 Å². The van der Waals surface area contributed by atoms with Crippen molar-refractivity contribution in [3.05, 3.63) is 77.3 Å². The maximum Gasteiger partial charge on any atom is 0.141 e. The second-order valence-corrected chi connectivity index (χ2v) is 10.0. The van der Waals surface area contributed by atoms with Gasteiger partial charge in [-0.3, -0.25) is 0 Å². The summed E-state index contributed by atoms with van der Waals surface area (Å²) < 4.78 is 14.6. The van der Waals surface area contributed by atoms with E-state index in [1.807, 2.05) is 42.5 Å². The molecule has 1 aromatic heterocycles. The van der Waals surface area contributed by atoms with Crippen molar-refractivity contribution in [2.45, 2.75) is 53.0 Å². The van der Waals surface area contributed by atoms with Crippen molar-refractivity contribution in [3.63, 3.8) is 0 Å². The van der Waals surface area contributed by atoms with Gasteiger partial charge in [0, 0.05) is 36.2 Å². The minimum Gasteiger partial charge on any atom is -0.493 e. The molecule has 0 bridgehead atoms. The van der Waals surface area contributed by atoms with Crippen LogP contribution in [0, 0.1) is 0 Å². The predicted molar refractivity (Wildman–Crippen MR) is 159 cm³/mol. The molecule has 38 heavy (non-hydrogen) atoms. The number of unbranched alkanes of at least 4 members (excludes halogenated alkanes) is 1. The highest BCUT2D eigenvalue weighted by molar-refractivity contribution is 6.30. The molecule has 0 N–H and O–H groups in total. The normalized spacial score (nSPS) is 11.4. The number of rotatable bonds is 15. The molecule has 6 heteroatoms. The van der Waals surface area contributed by atoms with E-state index in [4.69, 9.17) is 26.1 Å². The zero-order chi connectivity index (χ0) is 26.7. The summed E-state index contributed by atoms with van der Waals surface area (Å²) in [4.78, 5) is 7.45. The van der Waals surface area contributed by atoms with E-state index < -0.39 is 0 Å². The van der Waals surface area contributed by atoms with Crippen molar-refractivity contribution in [1.29, 1.82) is 0 Å². The first-order chi connectivity index (χ1) is 18.6. The highest BCUT2D eigenvalue weighted by Crippen LogP contribution is 2.30. The largest absolute Gasteiger partial charge is 0.493 e. The molecule has 0 fully saturated rings. The van der Waals surface area contributed by atoms with Crippen molar-refractivity contribution >= 4 is 22.6 Å². The Morgan fingerprint density at radius 2 is 1.61 bits per heavy atom. The summed E-state index contributed by atoms with van der Waals surface area (Å²) in [6, 6.07) is 22.4. The van der Waals surface area contributed by atoms with Crippen LogP contribution in [-0.4, -0.2) is 47.3 Å². The lowest BCUT2D eigenvalue weighted by atomic mass is 10.1. The van der Waals surface area contributed by atoms with Crippen molar-refractivity contribution in [2.75, 3.05) is 32.8 Å². The van der Waals surface area contributed by atoms with E-state index in [9.17, 15) is 0 Å². The van der Waals surface area contributed by atoms with E-state index in [2.05, 4.69) is 54.5 Å². The lowest BCUT2D eigenvalue weighted by Crippen LogP contribution is -2.25. The molecule has 0 amide bonds. The third kappa shape index (κ3) is 7.52. The van der Waals surface area contributed by atoms with Crippen molar-refractivity contribution in [1.82, 2.24) is 14.5 Å². The zero-order valence-corrected chi connectivity index (χ0v) is 23.7. The fourth-order valence-corrected chi connectivity index (χ4v) is 4.76. The van der Waals surface area contributed by atoms with Gasteiger partial charge < -0.3 is 18.9 Å². The van der Waals surface area contributed by atoms with Gasteiger partial charge in [-0.2, -0.15) is 0 Å². The molecule has 4 rings (SSSR count). The molecule has 3 aromatic carbocycles. The van der Waals surface area contributed by atoms with Crippen LogP contribution in [0.1, 0.15) is 45.6 Å². The first-order valence-corrected chi connectivity index (χ1v) is 14.3. The van der Waals surface area contributed by atoms with Crippen molar-refractivity contribution < 1.29 is 9.47 Å². The van der Waals surface area contributed by atoms with Crippen LogP contribution in [0.2, 0.25) is 5.02 Å². The number of fused-ring (bicyclic) bond motifs is 1. The Balaban J connectivity index is 1.49.